The number of thiophene rings is 2. The first-order valence-corrected chi connectivity index (χ1v) is 21.6. The molecule has 0 fully saturated rings. The maximum absolute atomic E-state index is 2.56. The van der Waals surface area contributed by atoms with E-state index >= 15 is 0 Å². The van der Waals surface area contributed by atoms with Gasteiger partial charge in [-0.2, -0.15) is 0 Å². The van der Waals surface area contributed by atoms with E-state index in [1.807, 2.05) is 22.7 Å². The molecular formula is C48H52N2S2. The van der Waals surface area contributed by atoms with Gasteiger partial charge in [-0.15, -0.1) is 22.7 Å². The second-order valence-corrected chi connectivity index (χ2v) is 16.8. The summed E-state index contributed by atoms with van der Waals surface area (Å²) in [4.78, 5) is 5.35. The third-order valence-electron chi connectivity index (χ3n) is 11.0. The highest BCUT2D eigenvalue weighted by Gasteiger charge is 2.15. The number of hydrogen-bond donors (Lipinski definition) is 0. The minimum absolute atomic E-state index is 1.09. The summed E-state index contributed by atoms with van der Waals surface area (Å²) in [6.07, 6.45) is 15.9. The molecular weight excluding hydrogens is 669 g/mol. The van der Waals surface area contributed by atoms with Crippen LogP contribution < -0.4 is 0 Å². The Morgan fingerprint density at radius 2 is 0.750 bits per heavy atom. The number of para-hydroxylation sites is 2. The Bertz CT molecular complexity index is 2240. The summed E-state index contributed by atoms with van der Waals surface area (Å²) in [6, 6.07) is 41.5. The fraction of sp³-hybridized carbons (Fsp3) is 0.333. The number of hydrogen-bond acceptors (Lipinski definition) is 2. The van der Waals surface area contributed by atoms with Gasteiger partial charge in [-0.3, -0.25) is 0 Å². The van der Waals surface area contributed by atoms with Crippen LogP contribution >= 0.6 is 22.7 Å². The minimum atomic E-state index is 1.09. The van der Waals surface area contributed by atoms with Crippen molar-refractivity contribution in [2.45, 2.75) is 104 Å². The number of unbranched alkanes of at least 4 members (excludes halogenated alkanes) is 10. The molecule has 0 spiro atoms. The second kappa shape index (κ2) is 16.3. The Hall–Kier alpha value is -4.12. The summed E-state index contributed by atoms with van der Waals surface area (Å²) < 4.78 is 5.12. The molecule has 0 atom stereocenters. The van der Waals surface area contributed by atoms with Crippen molar-refractivity contribution in [3.63, 3.8) is 0 Å². The van der Waals surface area contributed by atoms with Gasteiger partial charge in [-0.05, 0) is 84.6 Å². The lowest BCUT2D eigenvalue weighted by atomic mass is 10.1. The van der Waals surface area contributed by atoms with Crippen molar-refractivity contribution in [2.75, 3.05) is 0 Å². The number of benzene rings is 4. The van der Waals surface area contributed by atoms with Gasteiger partial charge >= 0.3 is 0 Å². The minimum Gasteiger partial charge on any atom is -0.340 e. The Morgan fingerprint density at radius 1 is 0.365 bits per heavy atom. The molecule has 4 aromatic heterocycles. The molecule has 4 aromatic carbocycles. The number of rotatable bonds is 17. The van der Waals surface area contributed by atoms with E-state index in [0.29, 0.717) is 0 Å². The normalized spacial score (nSPS) is 12.0. The van der Waals surface area contributed by atoms with Gasteiger partial charge in [-0.1, -0.05) is 127 Å². The van der Waals surface area contributed by atoms with E-state index in [1.54, 1.807) is 0 Å². The van der Waals surface area contributed by atoms with E-state index in [-0.39, 0.29) is 0 Å². The standard InChI is InChI=1S/C48H52N2S2/c1-3-5-7-9-11-17-31-49-41-21-15-13-19-37(41)39-33-35(23-25-43(39)49)45-27-29-47(51-45)48-30-28-46(52-48)36-24-26-44-40(34-36)38-20-14-16-22-42(38)50(44)32-18-12-10-8-6-4-2/h13-16,19-30,33-34H,3-12,17-18,31-32H2,1-2H3. The number of aryl methyl sites for hydroxylation is 2. The molecule has 266 valence electrons. The van der Waals surface area contributed by atoms with Crippen molar-refractivity contribution in [3.05, 3.63) is 109 Å². The van der Waals surface area contributed by atoms with Crippen LogP contribution in [0.4, 0.5) is 0 Å². The second-order valence-electron chi connectivity index (χ2n) is 14.7. The maximum atomic E-state index is 2.56. The van der Waals surface area contributed by atoms with Crippen molar-refractivity contribution in [3.8, 4) is 30.6 Å². The van der Waals surface area contributed by atoms with Crippen LogP contribution in [0.2, 0.25) is 0 Å². The third kappa shape index (κ3) is 7.13. The first kappa shape index (κ1) is 34.9. The zero-order valence-corrected chi connectivity index (χ0v) is 32.6. The van der Waals surface area contributed by atoms with Gasteiger partial charge < -0.3 is 9.13 Å². The fourth-order valence-electron chi connectivity index (χ4n) is 8.25. The Morgan fingerprint density at radius 3 is 1.21 bits per heavy atom. The van der Waals surface area contributed by atoms with Crippen molar-refractivity contribution in [1.82, 2.24) is 9.13 Å². The van der Waals surface area contributed by atoms with Crippen LogP contribution in [0.3, 0.4) is 0 Å². The predicted octanol–water partition coefficient (Wildman–Crippen LogP) is 15.7. The molecule has 0 aliphatic rings. The molecule has 52 heavy (non-hydrogen) atoms. The summed E-state index contributed by atoms with van der Waals surface area (Å²) in [5.41, 5.74) is 8.07. The van der Waals surface area contributed by atoms with E-state index in [4.69, 9.17) is 0 Å². The van der Waals surface area contributed by atoms with E-state index in [1.165, 1.54) is 151 Å². The lowest BCUT2D eigenvalue weighted by molar-refractivity contribution is 0.571. The molecule has 0 saturated carbocycles. The fourth-order valence-corrected chi connectivity index (χ4v) is 10.3. The topological polar surface area (TPSA) is 9.86 Å². The van der Waals surface area contributed by atoms with Crippen LogP contribution in [-0.4, -0.2) is 9.13 Å². The van der Waals surface area contributed by atoms with Crippen molar-refractivity contribution >= 4 is 66.3 Å². The highest BCUT2D eigenvalue weighted by atomic mass is 32.1. The van der Waals surface area contributed by atoms with Crippen LogP contribution in [0.15, 0.2) is 109 Å². The summed E-state index contributed by atoms with van der Waals surface area (Å²) >= 11 is 3.83. The molecule has 8 aromatic rings. The maximum Gasteiger partial charge on any atom is 0.0491 e. The molecule has 0 aliphatic heterocycles. The van der Waals surface area contributed by atoms with Gasteiger partial charge in [0.1, 0.15) is 0 Å². The molecule has 0 saturated heterocycles. The molecule has 0 unspecified atom stereocenters. The van der Waals surface area contributed by atoms with Crippen LogP contribution in [0, 0.1) is 0 Å². The number of fused-ring (bicyclic) bond motifs is 6. The van der Waals surface area contributed by atoms with E-state index < -0.39 is 0 Å². The molecule has 8 rings (SSSR count). The molecule has 4 heteroatoms. The van der Waals surface area contributed by atoms with Gasteiger partial charge in [0.05, 0.1) is 0 Å². The Balaban J connectivity index is 1.02. The summed E-state index contributed by atoms with van der Waals surface area (Å²) in [6.45, 7) is 6.77. The zero-order valence-electron chi connectivity index (χ0n) is 31.0. The SMILES string of the molecule is CCCCCCCCn1c2ccccc2c2cc(-c3ccc(-c4ccc(-c5ccc6c(c5)c5ccccc5n6CCCCCCCC)s4)s3)ccc21. The molecule has 0 N–H and O–H groups in total. The molecule has 2 nitrogen and oxygen atoms in total. The number of aromatic nitrogens is 2. The van der Waals surface area contributed by atoms with Crippen LogP contribution in [0.5, 0.6) is 0 Å². The van der Waals surface area contributed by atoms with Crippen LogP contribution in [0.1, 0.15) is 90.9 Å². The quantitative estimate of drug-likeness (QED) is 0.0829. The smallest absolute Gasteiger partial charge is 0.0491 e. The third-order valence-corrected chi connectivity index (χ3v) is 13.5. The largest absolute Gasteiger partial charge is 0.340 e. The average Bonchev–Trinajstić information content (AvgIpc) is 3.99. The van der Waals surface area contributed by atoms with Crippen LogP contribution in [0.25, 0.3) is 74.2 Å². The molecule has 0 bridgehead atoms. The van der Waals surface area contributed by atoms with Gasteiger partial charge in [0.15, 0.2) is 0 Å². The van der Waals surface area contributed by atoms with E-state index in [9.17, 15) is 0 Å². The van der Waals surface area contributed by atoms with E-state index in [2.05, 4.69) is 132 Å². The zero-order chi connectivity index (χ0) is 35.3. The first-order valence-electron chi connectivity index (χ1n) is 20.0. The molecule has 0 amide bonds. The first-order chi connectivity index (χ1) is 25.7. The monoisotopic (exact) mass is 720 g/mol. The van der Waals surface area contributed by atoms with Crippen molar-refractivity contribution in [2.24, 2.45) is 0 Å². The van der Waals surface area contributed by atoms with Gasteiger partial charge in [0.2, 0.25) is 0 Å². The number of nitrogens with zero attached hydrogens (tertiary/aromatic N) is 2. The summed E-state index contributed by atoms with van der Waals surface area (Å²) in [7, 11) is 0. The Labute approximate surface area is 317 Å². The van der Waals surface area contributed by atoms with Crippen molar-refractivity contribution < 1.29 is 0 Å². The molecule has 0 radical (unpaired) electrons. The van der Waals surface area contributed by atoms with Gasteiger partial charge in [-0.25, -0.2) is 0 Å². The highest BCUT2D eigenvalue weighted by molar-refractivity contribution is 7.25. The summed E-state index contributed by atoms with van der Waals surface area (Å²) in [5, 5.41) is 5.48. The summed E-state index contributed by atoms with van der Waals surface area (Å²) in [5.74, 6) is 0. The van der Waals surface area contributed by atoms with Gasteiger partial charge in [0.25, 0.3) is 0 Å². The highest BCUT2D eigenvalue weighted by Crippen LogP contribution is 2.43. The molecule has 4 heterocycles. The van der Waals surface area contributed by atoms with E-state index in [0.717, 1.165) is 13.1 Å². The van der Waals surface area contributed by atoms with Crippen molar-refractivity contribution in [1.29, 1.82) is 0 Å². The molecule has 0 aliphatic carbocycles. The lowest BCUT2D eigenvalue weighted by Crippen LogP contribution is -1.97. The predicted molar refractivity (Wildman–Crippen MR) is 231 cm³/mol. The van der Waals surface area contributed by atoms with Gasteiger partial charge in [0, 0.05) is 76.2 Å². The average molecular weight is 721 g/mol. The Kier molecular flexibility index (Phi) is 10.9. The van der Waals surface area contributed by atoms with Crippen LogP contribution in [-0.2, 0) is 13.1 Å². The lowest BCUT2D eigenvalue weighted by Gasteiger charge is -2.08.